The molecule has 0 saturated heterocycles. The Morgan fingerprint density at radius 3 is 2.87 bits per heavy atom. The van der Waals surface area contributed by atoms with Gasteiger partial charge in [0.1, 0.15) is 5.00 Å². The highest BCUT2D eigenvalue weighted by molar-refractivity contribution is 7.80. The number of carbonyl (C=O) groups is 1. The van der Waals surface area contributed by atoms with Gasteiger partial charge in [-0.1, -0.05) is 29.8 Å². The summed E-state index contributed by atoms with van der Waals surface area (Å²) in [5.74, 6) is 0.282. The van der Waals surface area contributed by atoms with E-state index >= 15 is 0 Å². The maximum atomic E-state index is 12.4. The van der Waals surface area contributed by atoms with Crippen LogP contribution in [0.15, 0.2) is 36.5 Å². The third kappa shape index (κ3) is 4.50. The first-order valence-electron chi connectivity index (χ1n) is 9.63. The lowest BCUT2D eigenvalue weighted by molar-refractivity contribution is 0.0601. The Morgan fingerprint density at radius 2 is 2.07 bits per heavy atom. The van der Waals surface area contributed by atoms with Crippen molar-refractivity contribution in [1.29, 1.82) is 0 Å². The molecule has 1 aromatic carbocycles. The van der Waals surface area contributed by atoms with Crippen LogP contribution in [0, 0.1) is 0 Å². The average Bonchev–Trinajstić information content (AvgIpc) is 3.32. The third-order valence-corrected chi connectivity index (χ3v) is 6.74. The fraction of sp³-hybridized carbons (Fsp3) is 0.286. The van der Waals surface area contributed by atoms with Crippen molar-refractivity contribution in [1.82, 2.24) is 9.78 Å². The molecule has 4 rings (SSSR count). The van der Waals surface area contributed by atoms with Crippen molar-refractivity contribution in [3.8, 4) is 0 Å². The smallest absolute Gasteiger partial charge is 0.341 e. The Balaban J connectivity index is 1.46. The van der Waals surface area contributed by atoms with Gasteiger partial charge in [0, 0.05) is 22.2 Å². The van der Waals surface area contributed by atoms with Crippen molar-refractivity contribution in [3.05, 3.63) is 63.1 Å². The van der Waals surface area contributed by atoms with Crippen LogP contribution in [0.1, 0.15) is 39.2 Å². The second kappa shape index (κ2) is 9.16. The zero-order chi connectivity index (χ0) is 21.1. The first-order valence-corrected chi connectivity index (χ1v) is 11.2. The third-order valence-electron chi connectivity index (χ3n) is 4.96. The summed E-state index contributed by atoms with van der Waals surface area (Å²) in [6, 6.07) is 9.51. The van der Waals surface area contributed by atoms with E-state index in [0.29, 0.717) is 28.1 Å². The van der Waals surface area contributed by atoms with Gasteiger partial charge in [-0.3, -0.25) is 4.68 Å². The van der Waals surface area contributed by atoms with E-state index in [1.807, 2.05) is 36.5 Å². The molecule has 0 amide bonds. The first-order chi connectivity index (χ1) is 14.5. The number of halogens is 1. The van der Waals surface area contributed by atoms with E-state index < -0.39 is 0 Å². The number of ether oxygens (including phenoxy) is 1. The number of aromatic nitrogens is 2. The number of hydrogen-bond donors (Lipinski definition) is 2. The van der Waals surface area contributed by atoms with Crippen LogP contribution in [0.2, 0.25) is 5.02 Å². The van der Waals surface area contributed by atoms with Crippen LogP contribution in [0.25, 0.3) is 0 Å². The van der Waals surface area contributed by atoms with Crippen molar-refractivity contribution in [3.63, 3.8) is 0 Å². The number of thiophene rings is 1. The lowest BCUT2D eigenvalue weighted by Crippen LogP contribution is -2.20. The summed E-state index contributed by atoms with van der Waals surface area (Å²) >= 11 is 13.3. The zero-order valence-electron chi connectivity index (χ0n) is 16.4. The van der Waals surface area contributed by atoms with Crippen molar-refractivity contribution < 1.29 is 9.53 Å². The van der Waals surface area contributed by atoms with E-state index in [9.17, 15) is 4.79 Å². The summed E-state index contributed by atoms with van der Waals surface area (Å²) in [7, 11) is 1.40. The number of fused-ring (bicyclic) bond motifs is 1. The summed E-state index contributed by atoms with van der Waals surface area (Å²) in [5.41, 5.74) is 2.68. The maximum absolute atomic E-state index is 12.4. The molecule has 9 heteroatoms. The number of anilines is 2. The summed E-state index contributed by atoms with van der Waals surface area (Å²) < 4.78 is 6.80. The van der Waals surface area contributed by atoms with Gasteiger partial charge in [0.2, 0.25) is 0 Å². The Morgan fingerprint density at radius 1 is 1.27 bits per heavy atom. The fourth-order valence-electron chi connectivity index (χ4n) is 3.54. The highest BCUT2D eigenvalue weighted by atomic mass is 35.5. The Bertz CT molecular complexity index is 1090. The minimum Gasteiger partial charge on any atom is -0.465 e. The quantitative estimate of drug-likeness (QED) is 0.407. The number of esters is 1. The van der Waals surface area contributed by atoms with E-state index in [-0.39, 0.29) is 5.97 Å². The van der Waals surface area contributed by atoms with Crippen molar-refractivity contribution >= 4 is 57.1 Å². The number of thiocarbonyl (C=S) groups is 1. The monoisotopic (exact) mass is 460 g/mol. The van der Waals surface area contributed by atoms with E-state index in [2.05, 4.69) is 15.7 Å². The molecular formula is C21H21ClN4O2S2. The first kappa shape index (κ1) is 20.8. The summed E-state index contributed by atoms with van der Waals surface area (Å²) in [6.07, 6.45) is 5.96. The summed E-state index contributed by atoms with van der Waals surface area (Å²) in [4.78, 5) is 13.6. The minimum atomic E-state index is -0.330. The van der Waals surface area contributed by atoms with Gasteiger partial charge in [-0.15, -0.1) is 11.3 Å². The molecule has 0 unspecified atom stereocenters. The number of nitrogens with one attached hydrogen (secondary N) is 2. The van der Waals surface area contributed by atoms with E-state index in [4.69, 9.17) is 28.6 Å². The minimum absolute atomic E-state index is 0.330. The molecule has 30 heavy (non-hydrogen) atoms. The molecule has 6 nitrogen and oxygen atoms in total. The van der Waals surface area contributed by atoms with Crippen molar-refractivity contribution in [2.75, 3.05) is 17.7 Å². The van der Waals surface area contributed by atoms with Gasteiger partial charge in [-0.05, 0) is 55.1 Å². The molecule has 1 aliphatic rings. The number of aryl methyl sites for hydroxylation is 1. The molecule has 2 aromatic heterocycles. The van der Waals surface area contributed by atoms with Crippen molar-refractivity contribution in [2.45, 2.75) is 32.2 Å². The van der Waals surface area contributed by atoms with E-state index in [0.717, 1.165) is 41.8 Å². The molecule has 3 aromatic rings. The summed E-state index contributed by atoms with van der Waals surface area (Å²) in [5, 5.41) is 12.6. The lowest BCUT2D eigenvalue weighted by atomic mass is 9.95. The van der Waals surface area contributed by atoms with Crippen molar-refractivity contribution in [2.24, 2.45) is 0 Å². The van der Waals surface area contributed by atoms with Gasteiger partial charge in [0.05, 0.1) is 19.2 Å². The molecule has 0 spiro atoms. The number of benzene rings is 1. The largest absolute Gasteiger partial charge is 0.465 e. The zero-order valence-corrected chi connectivity index (χ0v) is 18.8. The lowest BCUT2D eigenvalue weighted by Gasteiger charge is -2.12. The second-order valence-electron chi connectivity index (χ2n) is 6.98. The number of nitrogens with zero attached hydrogens (tertiary/aromatic N) is 2. The maximum Gasteiger partial charge on any atom is 0.341 e. The molecule has 0 atom stereocenters. The Labute approximate surface area is 189 Å². The normalized spacial score (nSPS) is 12.9. The molecule has 156 valence electrons. The van der Waals surface area contributed by atoms with Gasteiger partial charge in [-0.2, -0.15) is 5.10 Å². The SMILES string of the molecule is COC(=O)c1c(NC(=S)Nc2ccn(Cc3ccccc3Cl)n2)sc2c1CCCC2. The number of carbonyl (C=O) groups excluding carboxylic acids is 1. The molecule has 2 heterocycles. The highest BCUT2D eigenvalue weighted by Crippen LogP contribution is 2.38. The van der Waals surface area contributed by atoms with Gasteiger partial charge in [0.25, 0.3) is 0 Å². The van der Waals surface area contributed by atoms with Gasteiger partial charge in [-0.25, -0.2) is 4.79 Å². The highest BCUT2D eigenvalue weighted by Gasteiger charge is 2.26. The van der Waals surface area contributed by atoms with Gasteiger partial charge >= 0.3 is 5.97 Å². The number of hydrogen-bond acceptors (Lipinski definition) is 5. The topological polar surface area (TPSA) is 68.2 Å². The van der Waals surface area contributed by atoms with Crippen LogP contribution >= 0.6 is 35.2 Å². The molecule has 0 aliphatic heterocycles. The fourth-order valence-corrected chi connectivity index (χ4v) is 5.29. The summed E-state index contributed by atoms with van der Waals surface area (Å²) in [6.45, 7) is 0.561. The molecule has 0 radical (unpaired) electrons. The number of rotatable bonds is 5. The van der Waals surface area contributed by atoms with Crippen LogP contribution in [0.5, 0.6) is 0 Å². The predicted molar refractivity (Wildman–Crippen MR) is 125 cm³/mol. The standard InChI is InChI=1S/C21H21ClN4O2S2/c1-28-20(27)18-14-7-3-5-9-16(14)30-19(18)24-21(29)23-17-10-11-26(25-17)12-13-6-2-4-8-15(13)22/h2,4,6,8,10-11H,3,5,7,9,12H2,1H3,(H2,23,24,25,29). The van der Waals surface area contributed by atoms with E-state index in [1.165, 1.54) is 12.0 Å². The van der Waals surface area contributed by atoms with E-state index in [1.54, 1.807) is 16.0 Å². The Kier molecular flexibility index (Phi) is 6.36. The Hall–Kier alpha value is -2.42. The van der Waals surface area contributed by atoms with Crippen LogP contribution in [-0.4, -0.2) is 28.0 Å². The molecule has 1 aliphatic carbocycles. The van der Waals surface area contributed by atoms with Crippen LogP contribution < -0.4 is 10.6 Å². The van der Waals surface area contributed by atoms with Gasteiger partial charge in [0.15, 0.2) is 10.9 Å². The molecular weight excluding hydrogens is 440 g/mol. The molecule has 2 N–H and O–H groups in total. The van der Waals surface area contributed by atoms with Crippen LogP contribution in [-0.2, 0) is 24.1 Å². The van der Waals surface area contributed by atoms with Crippen LogP contribution in [0.4, 0.5) is 10.8 Å². The predicted octanol–water partition coefficient (Wildman–Crippen LogP) is 5.12. The average molecular weight is 461 g/mol. The molecule has 0 bridgehead atoms. The van der Waals surface area contributed by atoms with Crippen LogP contribution in [0.3, 0.4) is 0 Å². The number of methoxy groups -OCH3 is 1. The van der Waals surface area contributed by atoms with Gasteiger partial charge < -0.3 is 15.4 Å². The second-order valence-corrected chi connectivity index (χ2v) is 8.90. The molecule has 0 saturated carbocycles. The molecule has 0 fully saturated rings.